The molecule has 1 saturated heterocycles. The topological polar surface area (TPSA) is 55.8 Å². The van der Waals surface area contributed by atoms with Gasteiger partial charge in [-0.15, -0.1) is 0 Å². The molecule has 174 valence electrons. The molecule has 0 unspecified atom stereocenters. The van der Waals surface area contributed by atoms with Gasteiger partial charge in [-0.2, -0.15) is 0 Å². The minimum atomic E-state index is -0.369. The molecule has 1 fully saturated rings. The molecular weight excluding hydrogens is 517 g/mol. The number of methoxy groups -OCH3 is 1. The number of hydrogen-bond donors (Lipinski definition) is 0. The molecule has 9 heteroatoms. The Balaban J connectivity index is 1.50. The summed E-state index contributed by atoms with van der Waals surface area (Å²) in [6, 6.07) is 17.6. The molecule has 1 aliphatic heterocycles. The van der Waals surface area contributed by atoms with E-state index in [0.717, 1.165) is 17.3 Å². The number of nitrogens with zero attached hydrogens (tertiary/aromatic N) is 1. The van der Waals surface area contributed by atoms with E-state index in [1.165, 1.54) is 12.0 Å². The summed E-state index contributed by atoms with van der Waals surface area (Å²) < 4.78 is 11.3. The van der Waals surface area contributed by atoms with Crippen LogP contribution in [-0.2, 0) is 17.9 Å². The van der Waals surface area contributed by atoms with Gasteiger partial charge in [0.25, 0.3) is 11.1 Å². The molecule has 0 atom stereocenters. The Hall–Kier alpha value is -2.64. The first-order valence-electron chi connectivity index (χ1n) is 10.1. The van der Waals surface area contributed by atoms with Crippen molar-refractivity contribution >= 4 is 63.8 Å². The molecule has 0 spiro atoms. The van der Waals surface area contributed by atoms with Crippen LogP contribution in [0.15, 0.2) is 65.6 Å². The number of rotatable bonds is 7. The summed E-state index contributed by atoms with van der Waals surface area (Å²) in [6.07, 6.45) is 1.65. The Bertz CT molecular complexity index is 1290. The summed E-state index contributed by atoms with van der Waals surface area (Å²) in [4.78, 5) is 26.8. The van der Waals surface area contributed by atoms with Gasteiger partial charge in [0, 0.05) is 20.6 Å². The molecule has 2 amide bonds. The molecule has 0 saturated carbocycles. The van der Waals surface area contributed by atoms with Gasteiger partial charge >= 0.3 is 0 Å². The molecule has 0 aromatic heterocycles. The van der Waals surface area contributed by atoms with Gasteiger partial charge in [-0.1, -0.05) is 65.1 Å². The third-order valence-electron chi connectivity index (χ3n) is 5.04. The fraction of sp³-hybridized carbons (Fsp3) is 0.120. The third kappa shape index (κ3) is 5.53. The van der Waals surface area contributed by atoms with Crippen molar-refractivity contribution < 1.29 is 19.1 Å². The van der Waals surface area contributed by atoms with Gasteiger partial charge in [-0.3, -0.25) is 14.5 Å². The predicted molar refractivity (Wildman–Crippen MR) is 137 cm³/mol. The van der Waals surface area contributed by atoms with Crippen molar-refractivity contribution in [3.8, 4) is 11.5 Å². The number of carbonyl (C=O) groups is 2. The second kappa shape index (κ2) is 10.7. The van der Waals surface area contributed by atoms with Crippen LogP contribution in [0.25, 0.3) is 6.08 Å². The Morgan fingerprint density at radius 3 is 2.44 bits per heavy atom. The lowest BCUT2D eigenvalue weighted by atomic mass is 10.1. The number of ether oxygens (including phenoxy) is 2. The molecule has 34 heavy (non-hydrogen) atoms. The maximum absolute atomic E-state index is 12.9. The monoisotopic (exact) mass is 533 g/mol. The van der Waals surface area contributed by atoms with Crippen molar-refractivity contribution in [2.24, 2.45) is 0 Å². The van der Waals surface area contributed by atoms with Crippen LogP contribution in [0.5, 0.6) is 11.5 Å². The number of halogens is 3. The van der Waals surface area contributed by atoms with Crippen LogP contribution in [0.4, 0.5) is 4.79 Å². The lowest BCUT2D eigenvalue weighted by molar-refractivity contribution is -0.123. The number of carbonyl (C=O) groups excluding carboxylic acids is 2. The van der Waals surface area contributed by atoms with Gasteiger partial charge in [0.2, 0.25) is 0 Å². The quantitative estimate of drug-likeness (QED) is 0.294. The van der Waals surface area contributed by atoms with E-state index in [4.69, 9.17) is 44.3 Å². The number of thioether (sulfide) groups is 1. The summed E-state index contributed by atoms with van der Waals surface area (Å²) in [5.41, 5.74) is 2.18. The molecule has 0 radical (unpaired) electrons. The molecule has 0 bridgehead atoms. The van der Waals surface area contributed by atoms with Gasteiger partial charge in [-0.25, -0.2) is 0 Å². The van der Waals surface area contributed by atoms with E-state index in [1.807, 2.05) is 6.07 Å². The summed E-state index contributed by atoms with van der Waals surface area (Å²) in [6.45, 7) is 0.345. The number of benzene rings is 3. The number of hydrogen-bond acceptors (Lipinski definition) is 5. The molecule has 1 heterocycles. The van der Waals surface area contributed by atoms with Crippen LogP contribution < -0.4 is 9.47 Å². The first-order chi connectivity index (χ1) is 16.4. The fourth-order valence-corrected chi connectivity index (χ4v) is 4.77. The molecule has 1 aliphatic rings. The van der Waals surface area contributed by atoms with Crippen molar-refractivity contribution in [2.75, 3.05) is 7.11 Å². The van der Waals surface area contributed by atoms with Crippen molar-refractivity contribution in [2.45, 2.75) is 13.2 Å². The van der Waals surface area contributed by atoms with E-state index in [0.29, 0.717) is 42.6 Å². The first-order valence-corrected chi connectivity index (χ1v) is 12.0. The standard InChI is InChI=1S/C25H18Cl3NO4S/c1-32-22-10-15(6-9-21(22)33-14-17-7-8-18(26)12-20(17)28)11-23-24(30)29(25(31)34-23)13-16-4-2-3-5-19(16)27/h2-12H,13-14H2,1H3/b23-11-. The Morgan fingerprint density at radius 2 is 1.71 bits per heavy atom. The fourth-order valence-electron chi connectivity index (χ4n) is 3.27. The van der Waals surface area contributed by atoms with E-state index >= 15 is 0 Å². The Morgan fingerprint density at radius 1 is 0.912 bits per heavy atom. The highest BCUT2D eigenvalue weighted by molar-refractivity contribution is 8.18. The van der Waals surface area contributed by atoms with Gasteiger partial charge < -0.3 is 9.47 Å². The van der Waals surface area contributed by atoms with Crippen molar-refractivity contribution in [1.82, 2.24) is 4.90 Å². The average molecular weight is 535 g/mol. The molecule has 3 aromatic carbocycles. The summed E-state index contributed by atoms with van der Waals surface area (Å²) in [5.74, 6) is 0.623. The van der Waals surface area contributed by atoms with Crippen LogP contribution >= 0.6 is 46.6 Å². The molecule has 0 N–H and O–H groups in total. The maximum atomic E-state index is 12.9. The average Bonchev–Trinajstić information content (AvgIpc) is 3.07. The third-order valence-corrected chi connectivity index (χ3v) is 6.91. The first kappa shape index (κ1) is 24.5. The number of amides is 2. The van der Waals surface area contributed by atoms with Crippen molar-refractivity contribution in [3.05, 3.63) is 97.3 Å². The zero-order chi connectivity index (χ0) is 24.2. The van der Waals surface area contributed by atoms with E-state index in [9.17, 15) is 9.59 Å². The van der Waals surface area contributed by atoms with Crippen molar-refractivity contribution in [1.29, 1.82) is 0 Å². The maximum Gasteiger partial charge on any atom is 0.293 e. The Kier molecular flexibility index (Phi) is 7.73. The second-order valence-electron chi connectivity index (χ2n) is 7.29. The predicted octanol–water partition coefficient (Wildman–Crippen LogP) is 7.47. The highest BCUT2D eigenvalue weighted by Gasteiger charge is 2.35. The highest BCUT2D eigenvalue weighted by Crippen LogP contribution is 2.36. The molecule has 0 aliphatic carbocycles. The molecule has 5 nitrogen and oxygen atoms in total. The highest BCUT2D eigenvalue weighted by atomic mass is 35.5. The van der Waals surface area contributed by atoms with Crippen LogP contribution in [0.2, 0.25) is 15.1 Å². The smallest absolute Gasteiger partial charge is 0.293 e. The van der Waals surface area contributed by atoms with Gasteiger partial charge in [-0.05, 0) is 59.3 Å². The normalized spacial score (nSPS) is 14.7. The van der Waals surface area contributed by atoms with Crippen LogP contribution in [0, 0.1) is 0 Å². The molecular formula is C25H18Cl3NO4S. The zero-order valence-corrected chi connectivity index (χ0v) is 21.0. The zero-order valence-electron chi connectivity index (χ0n) is 17.9. The minimum Gasteiger partial charge on any atom is -0.493 e. The minimum absolute atomic E-state index is 0.116. The van der Waals surface area contributed by atoms with E-state index in [2.05, 4.69) is 0 Å². The number of imide groups is 1. The van der Waals surface area contributed by atoms with E-state index < -0.39 is 0 Å². The van der Waals surface area contributed by atoms with Crippen molar-refractivity contribution in [3.63, 3.8) is 0 Å². The van der Waals surface area contributed by atoms with E-state index in [-0.39, 0.29) is 24.3 Å². The van der Waals surface area contributed by atoms with Gasteiger partial charge in [0.05, 0.1) is 18.6 Å². The van der Waals surface area contributed by atoms with E-state index in [1.54, 1.807) is 60.7 Å². The molecule has 3 aromatic rings. The van der Waals surface area contributed by atoms with Crippen LogP contribution in [0.1, 0.15) is 16.7 Å². The lowest BCUT2D eigenvalue weighted by Crippen LogP contribution is -2.27. The van der Waals surface area contributed by atoms with Gasteiger partial charge in [0.15, 0.2) is 11.5 Å². The summed E-state index contributed by atoms with van der Waals surface area (Å²) >= 11 is 19.2. The molecule has 4 rings (SSSR count). The van der Waals surface area contributed by atoms with Crippen LogP contribution in [0.3, 0.4) is 0 Å². The van der Waals surface area contributed by atoms with Gasteiger partial charge in [0.1, 0.15) is 6.61 Å². The largest absolute Gasteiger partial charge is 0.493 e. The second-order valence-corrected chi connectivity index (χ2v) is 9.54. The SMILES string of the molecule is COc1cc(/C=C2\SC(=O)N(Cc3ccccc3Cl)C2=O)ccc1OCc1ccc(Cl)cc1Cl. The lowest BCUT2D eigenvalue weighted by Gasteiger charge is -2.13. The van der Waals surface area contributed by atoms with Crippen LogP contribution in [-0.4, -0.2) is 23.2 Å². The summed E-state index contributed by atoms with van der Waals surface area (Å²) in [5, 5.41) is 1.22. The summed E-state index contributed by atoms with van der Waals surface area (Å²) in [7, 11) is 1.53. The Labute approximate surface area is 216 Å².